The molecule has 2 aromatic rings. The van der Waals surface area contributed by atoms with Gasteiger partial charge in [-0.15, -0.1) is 0 Å². The molecule has 0 aliphatic rings. The highest BCUT2D eigenvalue weighted by atomic mass is 35.5. The van der Waals surface area contributed by atoms with Gasteiger partial charge in [0.25, 0.3) is 0 Å². The Morgan fingerprint density at radius 2 is 1.86 bits per heavy atom. The summed E-state index contributed by atoms with van der Waals surface area (Å²) in [5.41, 5.74) is 2.32. The summed E-state index contributed by atoms with van der Waals surface area (Å²) in [5, 5.41) is 4.13. The van der Waals surface area contributed by atoms with Gasteiger partial charge in [-0.05, 0) is 48.4 Å². The van der Waals surface area contributed by atoms with Crippen molar-refractivity contribution in [2.45, 2.75) is 19.6 Å². The molecular formula is C18H22ClNO2. The Labute approximate surface area is 137 Å². The molecule has 0 radical (unpaired) electrons. The van der Waals surface area contributed by atoms with Crippen molar-refractivity contribution in [3.8, 4) is 5.75 Å². The van der Waals surface area contributed by atoms with Crippen LogP contribution in [0, 0.1) is 0 Å². The molecule has 3 nitrogen and oxygen atoms in total. The van der Waals surface area contributed by atoms with Crippen LogP contribution >= 0.6 is 11.6 Å². The summed E-state index contributed by atoms with van der Waals surface area (Å²) in [5.74, 6) is 0.881. The van der Waals surface area contributed by atoms with E-state index in [-0.39, 0.29) is 0 Å². The van der Waals surface area contributed by atoms with Crippen LogP contribution in [0.2, 0.25) is 5.02 Å². The minimum atomic E-state index is 0.544. The summed E-state index contributed by atoms with van der Waals surface area (Å²) in [7, 11) is 1.72. The largest absolute Gasteiger partial charge is 0.489 e. The first-order valence-electron chi connectivity index (χ1n) is 7.44. The maximum atomic E-state index is 5.87. The van der Waals surface area contributed by atoms with Crippen LogP contribution in [0.5, 0.6) is 5.75 Å². The molecule has 0 aliphatic heterocycles. The topological polar surface area (TPSA) is 30.5 Å². The predicted octanol–water partition coefficient (Wildman–Crippen LogP) is 4.05. The van der Waals surface area contributed by atoms with Crippen LogP contribution in [0.3, 0.4) is 0 Å². The molecule has 0 aliphatic carbocycles. The van der Waals surface area contributed by atoms with E-state index in [1.807, 2.05) is 36.4 Å². The molecule has 2 aromatic carbocycles. The normalized spacial score (nSPS) is 10.6. The molecule has 118 valence electrons. The highest BCUT2D eigenvalue weighted by Gasteiger charge is 1.99. The fraction of sp³-hybridized carbons (Fsp3) is 0.333. The molecule has 0 unspecified atom stereocenters. The maximum Gasteiger partial charge on any atom is 0.120 e. The average Bonchev–Trinajstić information content (AvgIpc) is 2.55. The van der Waals surface area contributed by atoms with Gasteiger partial charge in [0.05, 0.1) is 0 Å². The SMILES string of the molecule is COCCCNCc1cccc(OCc2ccc(Cl)cc2)c1. The van der Waals surface area contributed by atoms with Crippen LogP contribution in [0.15, 0.2) is 48.5 Å². The standard InChI is InChI=1S/C18H22ClNO2/c1-21-11-3-10-20-13-16-4-2-5-18(12-16)22-14-15-6-8-17(19)9-7-15/h2,4-9,12,20H,3,10-11,13-14H2,1H3. The molecule has 4 heteroatoms. The van der Waals surface area contributed by atoms with Gasteiger partial charge in [0.15, 0.2) is 0 Å². The number of nitrogens with one attached hydrogen (secondary N) is 1. The summed E-state index contributed by atoms with van der Waals surface area (Å²) in [6, 6.07) is 15.9. The first kappa shape index (κ1) is 16.8. The van der Waals surface area contributed by atoms with Crippen LogP contribution in [0.1, 0.15) is 17.5 Å². The number of hydrogen-bond donors (Lipinski definition) is 1. The molecule has 0 amide bonds. The molecular weight excluding hydrogens is 298 g/mol. The van der Waals surface area contributed by atoms with Gasteiger partial charge in [-0.2, -0.15) is 0 Å². The Hall–Kier alpha value is -1.55. The molecule has 0 atom stereocenters. The fourth-order valence-corrected chi connectivity index (χ4v) is 2.19. The first-order valence-corrected chi connectivity index (χ1v) is 7.81. The maximum absolute atomic E-state index is 5.87. The zero-order valence-electron chi connectivity index (χ0n) is 12.8. The second-order valence-corrected chi connectivity index (χ2v) is 5.52. The van der Waals surface area contributed by atoms with E-state index in [9.17, 15) is 0 Å². The second-order valence-electron chi connectivity index (χ2n) is 5.09. The van der Waals surface area contributed by atoms with Crippen molar-refractivity contribution >= 4 is 11.6 Å². The Bertz CT molecular complexity index is 557. The van der Waals surface area contributed by atoms with Crippen LogP contribution < -0.4 is 10.1 Å². The van der Waals surface area contributed by atoms with Crippen molar-refractivity contribution in [2.24, 2.45) is 0 Å². The molecule has 0 fully saturated rings. The highest BCUT2D eigenvalue weighted by Crippen LogP contribution is 2.16. The monoisotopic (exact) mass is 319 g/mol. The lowest BCUT2D eigenvalue weighted by atomic mass is 10.2. The van der Waals surface area contributed by atoms with Gasteiger partial charge in [0, 0.05) is 25.3 Å². The number of methoxy groups -OCH3 is 1. The molecule has 0 heterocycles. The minimum absolute atomic E-state index is 0.544. The zero-order chi connectivity index (χ0) is 15.6. The van der Waals surface area contributed by atoms with E-state index in [1.165, 1.54) is 5.56 Å². The van der Waals surface area contributed by atoms with E-state index in [0.717, 1.165) is 42.5 Å². The van der Waals surface area contributed by atoms with Crippen LogP contribution in [0.25, 0.3) is 0 Å². The Morgan fingerprint density at radius 1 is 1.05 bits per heavy atom. The first-order chi connectivity index (χ1) is 10.8. The van der Waals surface area contributed by atoms with E-state index in [1.54, 1.807) is 7.11 Å². The van der Waals surface area contributed by atoms with Crippen LogP contribution in [0.4, 0.5) is 0 Å². The number of halogens is 1. The molecule has 0 saturated carbocycles. The number of benzene rings is 2. The van der Waals surface area contributed by atoms with Crippen molar-refractivity contribution in [3.63, 3.8) is 0 Å². The predicted molar refractivity (Wildman–Crippen MR) is 90.4 cm³/mol. The number of rotatable bonds is 9. The van der Waals surface area contributed by atoms with E-state index in [2.05, 4.69) is 17.4 Å². The third kappa shape index (κ3) is 6.06. The van der Waals surface area contributed by atoms with Crippen LogP contribution in [-0.4, -0.2) is 20.3 Å². The lowest BCUT2D eigenvalue weighted by molar-refractivity contribution is 0.194. The molecule has 0 bridgehead atoms. The Balaban J connectivity index is 1.79. The highest BCUT2D eigenvalue weighted by molar-refractivity contribution is 6.30. The lowest BCUT2D eigenvalue weighted by Gasteiger charge is -2.09. The van der Waals surface area contributed by atoms with Crippen molar-refractivity contribution in [1.29, 1.82) is 0 Å². The Kier molecular flexibility index (Phi) is 7.23. The van der Waals surface area contributed by atoms with Gasteiger partial charge >= 0.3 is 0 Å². The summed E-state index contributed by atoms with van der Waals surface area (Å²) in [6.07, 6.45) is 1.02. The average molecular weight is 320 g/mol. The summed E-state index contributed by atoms with van der Waals surface area (Å²) < 4.78 is 10.9. The quantitative estimate of drug-likeness (QED) is 0.707. The molecule has 22 heavy (non-hydrogen) atoms. The second kappa shape index (κ2) is 9.46. The Morgan fingerprint density at radius 3 is 2.64 bits per heavy atom. The molecule has 0 aromatic heterocycles. The van der Waals surface area contributed by atoms with Crippen molar-refractivity contribution in [1.82, 2.24) is 5.32 Å². The van der Waals surface area contributed by atoms with Gasteiger partial charge in [-0.25, -0.2) is 0 Å². The van der Waals surface area contributed by atoms with E-state index in [0.29, 0.717) is 6.61 Å². The van der Waals surface area contributed by atoms with Gasteiger partial charge in [-0.3, -0.25) is 0 Å². The van der Waals surface area contributed by atoms with E-state index < -0.39 is 0 Å². The summed E-state index contributed by atoms with van der Waals surface area (Å²) >= 11 is 5.87. The number of ether oxygens (including phenoxy) is 2. The van der Waals surface area contributed by atoms with Crippen molar-refractivity contribution in [2.75, 3.05) is 20.3 Å². The van der Waals surface area contributed by atoms with Gasteiger partial charge in [0.2, 0.25) is 0 Å². The zero-order valence-corrected chi connectivity index (χ0v) is 13.6. The van der Waals surface area contributed by atoms with Gasteiger partial charge in [-0.1, -0.05) is 35.9 Å². The molecule has 1 N–H and O–H groups in total. The fourth-order valence-electron chi connectivity index (χ4n) is 2.07. The van der Waals surface area contributed by atoms with E-state index >= 15 is 0 Å². The lowest BCUT2D eigenvalue weighted by Crippen LogP contribution is -2.16. The van der Waals surface area contributed by atoms with Crippen LogP contribution in [-0.2, 0) is 17.9 Å². The third-order valence-corrected chi connectivity index (χ3v) is 3.50. The minimum Gasteiger partial charge on any atom is -0.489 e. The van der Waals surface area contributed by atoms with Gasteiger partial charge in [0.1, 0.15) is 12.4 Å². The van der Waals surface area contributed by atoms with E-state index in [4.69, 9.17) is 21.1 Å². The summed E-state index contributed by atoms with van der Waals surface area (Å²) in [6.45, 7) is 3.12. The van der Waals surface area contributed by atoms with Crippen molar-refractivity contribution in [3.05, 3.63) is 64.7 Å². The molecule has 2 rings (SSSR count). The smallest absolute Gasteiger partial charge is 0.120 e. The van der Waals surface area contributed by atoms with Gasteiger partial charge < -0.3 is 14.8 Å². The molecule has 0 spiro atoms. The third-order valence-electron chi connectivity index (χ3n) is 3.25. The van der Waals surface area contributed by atoms with Crippen molar-refractivity contribution < 1.29 is 9.47 Å². The number of hydrogen-bond acceptors (Lipinski definition) is 3. The summed E-state index contributed by atoms with van der Waals surface area (Å²) in [4.78, 5) is 0. The molecule has 0 saturated heterocycles.